The lowest BCUT2D eigenvalue weighted by Gasteiger charge is -2.23. The number of rotatable bonds is 11. The summed E-state index contributed by atoms with van der Waals surface area (Å²) in [7, 11) is 4.08. The number of nitrogens with one attached hydrogen (secondary N) is 3. The van der Waals surface area contributed by atoms with Gasteiger partial charge in [-0.15, -0.1) is 0 Å². The average molecular weight is 605 g/mol. The van der Waals surface area contributed by atoms with Crippen LogP contribution >= 0.6 is 0 Å². The van der Waals surface area contributed by atoms with Gasteiger partial charge in [0.1, 0.15) is 11.3 Å². The molecule has 0 aliphatic heterocycles. The van der Waals surface area contributed by atoms with E-state index in [0.717, 1.165) is 64.3 Å². The van der Waals surface area contributed by atoms with E-state index in [2.05, 4.69) is 64.3 Å². The van der Waals surface area contributed by atoms with Gasteiger partial charge in [-0.1, -0.05) is 46.1 Å². The lowest BCUT2D eigenvalue weighted by molar-refractivity contribution is 0.400. The number of imidazole rings is 1. The molecule has 0 atom stereocenters. The van der Waals surface area contributed by atoms with Crippen LogP contribution in [-0.2, 0) is 6.42 Å². The molecule has 232 valence electrons. The number of nitrogens with zero attached hydrogens (tertiary/aromatic N) is 5. The largest absolute Gasteiger partial charge is 0.359 e. The van der Waals surface area contributed by atoms with Crippen LogP contribution < -0.4 is 5.32 Å². The number of hydrogen-bond donors (Lipinski definition) is 3. The summed E-state index contributed by atoms with van der Waals surface area (Å²) < 4.78 is 14.8. The van der Waals surface area contributed by atoms with Crippen LogP contribution in [0.4, 0.5) is 4.39 Å². The molecule has 45 heavy (non-hydrogen) atoms. The zero-order valence-electron chi connectivity index (χ0n) is 26.9. The van der Waals surface area contributed by atoms with E-state index in [1.54, 1.807) is 24.4 Å². The number of halogens is 1. The van der Waals surface area contributed by atoms with E-state index in [9.17, 15) is 4.39 Å². The molecule has 0 bridgehead atoms. The van der Waals surface area contributed by atoms with E-state index in [-0.39, 0.29) is 11.2 Å². The molecule has 0 saturated heterocycles. The maximum atomic E-state index is 14.8. The predicted molar refractivity (Wildman–Crippen MR) is 183 cm³/mol. The first-order valence-corrected chi connectivity index (χ1v) is 15.1. The van der Waals surface area contributed by atoms with Gasteiger partial charge in [0.25, 0.3) is 0 Å². The van der Waals surface area contributed by atoms with Crippen LogP contribution in [0.25, 0.3) is 50.4 Å². The highest BCUT2D eigenvalue weighted by atomic mass is 19.1. The molecule has 5 rings (SSSR count). The third kappa shape index (κ3) is 7.10. The molecule has 8 nitrogen and oxygen atoms in total. The van der Waals surface area contributed by atoms with Crippen molar-refractivity contribution in [2.24, 2.45) is 5.41 Å². The molecular formula is C36H41FN8. The van der Waals surface area contributed by atoms with Crippen LogP contribution in [0.3, 0.4) is 0 Å². The van der Waals surface area contributed by atoms with Gasteiger partial charge in [0.2, 0.25) is 0 Å². The summed E-state index contributed by atoms with van der Waals surface area (Å²) in [5.74, 6) is 0.259. The number of aromatic amines is 2. The molecule has 0 aliphatic carbocycles. The third-order valence-electron chi connectivity index (χ3n) is 7.70. The van der Waals surface area contributed by atoms with Gasteiger partial charge >= 0.3 is 0 Å². The van der Waals surface area contributed by atoms with Crippen molar-refractivity contribution >= 4 is 27.8 Å². The number of H-pyrrole nitrogens is 2. The molecule has 1 aromatic carbocycles. The quantitative estimate of drug-likeness (QED) is 0.133. The van der Waals surface area contributed by atoms with Crippen LogP contribution in [0.5, 0.6) is 0 Å². The summed E-state index contributed by atoms with van der Waals surface area (Å²) >= 11 is 0. The van der Waals surface area contributed by atoms with Crippen molar-refractivity contribution in [3.63, 3.8) is 0 Å². The molecule has 4 heterocycles. The monoisotopic (exact) mass is 604 g/mol. The highest BCUT2D eigenvalue weighted by Gasteiger charge is 2.19. The normalized spacial score (nSPS) is 12.8. The predicted octanol–water partition coefficient (Wildman–Crippen LogP) is 7.82. The first-order valence-electron chi connectivity index (χ1n) is 15.1. The van der Waals surface area contributed by atoms with Gasteiger partial charge in [-0.05, 0) is 99.6 Å². The Morgan fingerprint density at radius 1 is 1.11 bits per heavy atom. The Bertz CT molecular complexity index is 1930. The molecule has 5 aromatic rings. The first kappa shape index (κ1) is 31.5. The summed E-state index contributed by atoms with van der Waals surface area (Å²) in [6.07, 6.45) is 9.21. The van der Waals surface area contributed by atoms with Crippen LogP contribution in [0, 0.1) is 11.2 Å². The molecule has 0 saturated carbocycles. The van der Waals surface area contributed by atoms with Crippen LogP contribution in [0.1, 0.15) is 45.4 Å². The number of benzene rings is 1. The van der Waals surface area contributed by atoms with Crippen molar-refractivity contribution in [1.82, 2.24) is 40.3 Å². The van der Waals surface area contributed by atoms with E-state index >= 15 is 0 Å². The number of fused-ring (bicyclic) bond motifs is 2. The SMILES string of the molecule is C=C/C(=C\C(=C/C)c1ccc2[nH]nc(-c3nc4nccc(-c5cc(F)cc(CCCN(C)C)c5)c4[nH]3)c2n1)NC(=C)C(C)(C)C. The van der Waals surface area contributed by atoms with E-state index in [1.165, 1.54) is 0 Å². The molecule has 4 aromatic heterocycles. The summed E-state index contributed by atoms with van der Waals surface area (Å²) in [6.45, 7) is 17.4. The Balaban J connectivity index is 1.51. The summed E-state index contributed by atoms with van der Waals surface area (Å²) in [4.78, 5) is 19.8. The maximum absolute atomic E-state index is 14.8. The maximum Gasteiger partial charge on any atom is 0.178 e. The number of aromatic nitrogens is 6. The number of pyridine rings is 2. The average Bonchev–Trinajstić information content (AvgIpc) is 3.62. The fourth-order valence-corrected chi connectivity index (χ4v) is 5.02. The summed E-state index contributed by atoms with van der Waals surface area (Å²) in [5, 5.41) is 11.0. The Morgan fingerprint density at radius 3 is 2.62 bits per heavy atom. The van der Waals surface area contributed by atoms with Crippen LogP contribution in [0.2, 0.25) is 0 Å². The van der Waals surface area contributed by atoms with Crippen molar-refractivity contribution in [1.29, 1.82) is 0 Å². The summed E-state index contributed by atoms with van der Waals surface area (Å²) in [5.41, 5.74) is 9.09. The smallest absolute Gasteiger partial charge is 0.178 e. The molecule has 9 heteroatoms. The molecule has 0 amide bonds. The van der Waals surface area contributed by atoms with Gasteiger partial charge in [0, 0.05) is 28.6 Å². The number of allylic oxidation sites excluding steroid dienone is 5. The molecule has 3 N–H and O–H groups in total. The standard InChI is InChI=1S/C36H41FN8/c1-9-24(21-27(10-2)39-22(3)36(4,5)6)29-13-14-30-32(40-29)33(44-43-30)35-41-31-28(15-16-38-34(31)42-35)25-18-23(19-26(37)20-25)12-11-17-45(7)8/h9-10,13-16,18-21,39H,2-3,11-12,17H2,1,4-8H3,(H,43,44)(H,38,41,42)/b24-9+,27-21+. The number of hydrogen-bond acceptors (Lipinski definition) is 6. The number of aryl methyl sites for hydroxylation is 1. The Hall–Kier alpha value is -4.89. The summed E-state index contributed by atoms with van der Waals surface area (Å²) in [6, 6.07) is 11.0. The molecule has 0 radical (unpaired) electrons. The van der Waals surface area contributed by atoms with Crippen LogP contribution in [-0.4, -0.2) is 55.7 Å². The van der Waals surface area contributed by atoms with Crippen molar-refractivity contribution in [3.05, 3.63) is 102 Å². The highest BCUT2D eigenvalue weighted by Crippen LogP contribution is 2.32. The van der Waals surface area contributed by atoms with Crippen molar-refractivity contribution in [2.45, 2.75) is 40.5 Å². The van der Waals surface area contributed by atoms with Gasteiger partial charge in [-0.25, -0.2) is 19.3 Å². The molecular weight excluding hydrogens is 563 g/mol. The first-order chi connectivity index (χ1) is 21.5. The van der Waals surface area contributed by atoms with Crippen LogP contribution in [0.15, 0.2) is 85.4 Å². The van der Waals surface area contributed by atoms with E-state index in [4.69, 9.17) is 9.97 Å². The van der Waals surface area contributed by atoms with E-state index in [1.807, 2.05) is 57.4 Å². The van der Waals surface area contributed by atoms with Crippen molar-refractivity contribution < 1.29 is 4.39 Å². The Kier molecular flexibility index (Phi) is 9.11. The lowest BCUT2D eigenvalue weighted by atomic mass is 9.92. The minimum Gasteiger partial charge on any atom is -0.359 e. The highest BCUT2D eigenvalue weighted by molar-refractivity contribution is 5.95. The second-order valence-electron chi connectivity index (χ2n) is 12.5. The minimum absolute atomic E-state index is 0.106. The molecule has 0 fully saturated rings. The topological polar surface area (TPSA) is 98.4 Å². The van der Waals surface area contributed by atoms with Crippen molar-refractivity contribution in [2.75, 3.05) is 20.6 Å². The van der Waals surface area contributed by atoms with E-state index < -0.39 is 0 Å². The minimum atomic E-state index is -0.265. The van der Waals surface area contributed by atoms with E-state index in [0.29, 0.717) is 28.2 Å². The molecule has 0 aliphatic rings. The third-order valence-corrected chi connectivity index (χ3v) is 7.70. The van der Waals surface area contributed by atoms with Gasteiger partial charge in [-0.3, -0.25) is 5.10 Å². The van der Waals surface area contributed by atoms with Gasteiger partial charge < -0.3 is 15.2 Å². The molecule has 0 unspecified atom stereocenters. The van der Waals surface area contributed by atoms with Gasteiger partial charge in [0.15, 0.2) is 17.2 Å². The fraction of sp³-hybridized carbons (Fsp3) is 0.278. The fourth-order valence-electron chi connectivity index (χ4n) is 5.02. The zero-order valence-corrected chi connectivity index (χ0v) is 26.9. The Labute approximate surface area is 263 Å². The molecule has 0 spiro atoms. The second-order valence-corrected chi connectivity index (χ2v) is 12.5. The van der Waals surface area contributed by atoms with Gasteiger partial charge in [-0.2, -0.15) is 5.10 Å². The van der Waals surface area contributed by atoms with Crippen molar-refractivity contribution in [3.8, 4) is 22.6 Å². The lowest BCUT2D eigenvalue weighted by Crippen LogP contribution is -2.22. The van der Waals surface area contributed by atoms with Gasteiger partial charge in [0.05, 0.1) is 16.7 Å². The second kappa shape index (κ2) is 13.0. The Morgan fingerprint density at radius 2 is 1.91 bits per heavy atom. The zero-order chi connectivity index (χ0) is 32.3.